The second kappa shape index (κ2) is 7.63. The molecule has 0 atom stereocenters. The molecule has 0 unspecified atom stereocenters. The molecule has 0 spiro atoms. The molecule has 2 aromatic rings. The number of benzene rings is 1. The lowest BCUT2D eigenvalue weighted by Gasteiger charge is -2.12. The van der Waals surface area contributed by atoms with Crippen molar-refractivity contribution in [2.24, 2.45) is 0 Å². The van der Waals surface area contributed by atoms with Gasteiger partial charge in [0, 0.05) is 23.4 Å². The monoisotopic (exact) mass is 330 g/mol. The summed E-state index contributed by atoms with van der Waals surface area (Å²) in [6, 6.07) is 7.03. The number of amides is 2. The van der Waals surface area contributed by atoms with E-state index < -0.39 is 0 Å². The molecule has 0 radical (unpaired) electrons. The highest BCUT2D eigenvalue weighted by Crippen LogP contribution is 2.16. The predicted octanol–water partition coefficient (Wildman–Crippen LogP) is 2.48. The number of nitrogens with one attached hydrogen (secondary N) is 3. The van der Waals surface area contributed by atoms with Crippen molar-refractivity contribution in [3.8, 4) is 0 Å². The van der Waals surface area contributed by atoms with Crippen molar-refractivity contribution in [1.82, 2.24) is 10.5 Å². The second-order valence-corrected chi connectivity index (χ2v) is 5.89. The quantitative estimate of drug-likeness (QED) is 0.756. The summed E-state index contributed by atoms with van der Waals surface area (Å²) in [6.45, 7) is 7.56. The number of rotatable bonds is 6. The molecule has 0 saturated heterocycles. The van der Waals surface area contributed by atoms with Crippen molar-refractivity contribution in [3.05, 3.63) is 41.1 Å². The zero-order valence-corrected chi connectivity index (χ0v) is 14.3. The van der Waals surface area contributed by atoms with Gasteiger partial charge in [0.15, 0.2) is 0 Å². The molecule has 7 heteroatoms. The Labute approximate surface area is 140 Å². The third kappa shape index (κ3) is 4.84. The first kappa shape index (κ1) is 17.5. The molecule has 2 rings (SSSR count). The molecular formula is C17H22N4O3. The summed E-state index contributed by atoms with van der Waals surface area (Å²) in [7, 11) is 0. The summed E-state index contributed by atoms with van der Waals surface area (Å²) in [5.41, 5.74) is 2.97. The number of anilines is 2. The zero-order chi connectivity index (χ0) is 17.7. The van der Waals surface area contributed by atoms with Crippen LogP contribution in [-0.2, 0) is 4.79 Å². The molecule has 0 aliphatic carbocycles. The van der Waals surface area contributed by atoms with Gasteiger partial charge >= 0.3 is 0 Å². The van der Waals surface area contributed by atoms with Crippen LogP contribution in [0.2, 0.25) is 0 Å². The third-order valence-corrected chi connectivity index (χ3v) is 3.24. The Balaban J connectivity index is 1.93. The number of carbonyl (C=O) groups excluding carboxylic acids is 2. The van der Waals surface area contributed by atoms with Crippen molar-refractivity contribution >= 4 is 23.4 Å². The number of nitrogens with zero attached hydrogens (tertiary/aromatic N) is 1. The van der Waals surface area contributed by atoms with Gasteiger partial charge in [0.2, 0.25) is 11.8 Å². The number of hydrogen-bond donors (Lipinski definition) is 3. The van der Waals surface area contributed by atoms with E-state index in [0.29, 0.717) is 17.1 Å². The van der Waals surface area contributed by atoms with Gasteiger partial charge < -0.3 is 15.2 Å². The van der Waals surface area contributed by atoms with E-state index in [1.165, 1.54) is 0 Å². The highest BCUT2D eigenvalue weighted by atomic mass is 16.5. The van der Waals surface area contributed by atoms with E-state index in [4.69, 9.17) is 4.52 Å². The minimum Gasteiger partial charge on any atom is -0.376 e. The number of carbonyl (C=O) groups is 2. The van der Waals surface area contributed by atoms with Crippen LogP contribution in [-0.4, -0.2) is 29.6 Å². The number of hydrogen-bond acceptors (Lipinski definition) is 5. The van der Waals surface area contributed by atoms with Crippen LogP contribution in [0.4, 0.5) is 11.6 Å². The lowest BCUT2D eigenvalue weighted by Crippen LogP contribution is -2.30. The van der Waals surface area contributed by atoms with E-state index in [9.17, 15) is 9.59 Å². The lowest BCUT2D eigenvalue weighted by molar-refractivity contribution is -0.114. The Morgan fingerprint density at radius 2 is 1.96 bits per heavy atom. The lowest BCUT2D eigenvalue weighted by atomic mass is 10.1. The summed E-state index contributed by atoms with van der Waals surface area (Å²) in [6.07, 6.45) is 0. The van der Waals surface area contributed by atoms with E-state index in [0.717, 1.165) is 11.3 Å². The molecule has 0 aliphatic rings. The minimum atomic E-state index is -0.243. The average molecular weight is 330 g/mol. The van der Waals surface area contributed by atoms with Gasteiger partial charge in [-0.15, -0.1) is 0 Å². The maximum atomic E-state index is 12.0. The van der Waals surface area contributed by atoms with Crippen LogP contribution in [0.15, 0.2) is 28.8 Å². The minimum absolute atomic E-state index is 0.0815. The van der Waals surface area contributed by atoms with E-state index in [1.54, 1.807) is 31.2 Å². The van der Waals surface area contributed by atoms with Crippen molar-refractivity contribution < 1.29 is 14.1 Å². The van der Waals surface area contributed by atoms with Crippen molar-refractivity contribution in [2.45, 2.75) is 33.7 Å². The van der Waals surface area contributed by atoms with Gasteiger partial charge in [-0.3, -0.25) is 14.9 Å². The Hall–Kier alpha value is -2.83. The maximum Gasteiger partial charge on any atom is 0.251 e. The van der Waals surface area contributed by atoms with Crippen LogP contribution in [0.1, 0.15) is 35.5 Å². The summed E-state index contributed by atoms with van der Waals surface area (Å²) in [5, 5.41) is 12.2. The second-order valence-electron chi connectivity index (χ2n) is 5.89. The van der Waals surface area contributed by atoms with Crippen LogP contribution in [0, 0.1) is 13.8 Å². The van der Waals surface area contributed by atoms with Crippen LogP contribution < -0.4 is 16.0 Å². The summed E-state index contributed by atoms with van der Waals surface area (Å²) < 4.78 is 4.93. The standard InChI is InChI=1S/C17H22N4O3/c1-10(2)19-17(23)13-5-6-14(11(3)7-13)18-9-15(22)20-16-8-12(4)21-24-16/h5-8,10,18H,9H2,1-4H3,(H,19,23)(H,20,22). The smallest absolute Gasteiger partial charge is 0.251 e. The first-order valence-electron chi connectivity index (χ1n) is 7.73. The summed E-state index contributed by atoms with van der Waals surface area (Å²) in [4.78, 5) is 23.9. The molecule has 0 aliphatic heterocycles. The van der Waals surface area contributed by atoms with E-state index in [1.807, 2.05) is 20.8 Å². The topological polar surface area (TPSA) is 96.3 Å². The van der Waals surface area contributed by atoms with Crippen LogP contribution in [0.25, 0.3) is 0 Å². The molecule has 0 fully saturated rings. The SMILES string of the molecule is Cc1cc(NC(=O)CNc2ccc(C(=O)NC(C)C)cc2C)on1. The molecule has 128 valence electrons. The Morgan fingerprint density at radius 1 is 1.21 bits per heavy atom. The van der Waals surface area contributed by atoms with Gasteiger partial charge in [0.1, 0.15) is 0 Å². The van der Waals surface area contributed by atoms with Crippen LogP contribution >= 0.6 is 0 Å². The molecule has 2 amide bonds. The van der Waals surface area contributed by atoms with Crippen molar-refractivity contribution in [3.63, 3.8) is 0 Å². The zero-order valence-electron chi connectivity index (χ0n) is 14.3. The fourth-order valence-corrected chi connectivity index (χ4v) is 2.13. The fraction of sp³-hybridized carbons (Fsp3) is 0.353. The molecular weight excluding hydrogens is 308 g/mol. The van der Waals surface area contributed by atoms with Crippen molar-refractivity contribution in [1.29, 1.82) is 0 Å². The first-order chi connectivity index (χ1) is 11.3. The first-order valence-corrected chi connectivity index (χ1v) is 7.73. The van der Waals surface area contributed by atoms with E-state index in [2.05, 4.69) is 21.1 Å². The van der Waals surface area contributed by atoms with Gasteiger partial charge in [-0.25, -0.2) is 0 Å². The molecule has 1 aromatic heterocycles. The third-order valence-electron chi connectivity index (χ3n) is 3.24. The molecule has 3 N–H and O–H groups in total. The summed E-state index contributed by atoms with van der Waals surface area (Å²) >= 11 is 0. The molecule has 1 aromatic carbocycles. The van der Waals surface area contributed by atoms with E-state index >= 15 is 0 Å². The van der Waals surface area contributed by atoms with Gasteiger partial charge in [-0.1, -0.05) is 5.16 Å². The highest BCUT2D eigenvalue weighted by molar-refractivity contribution is 5.95. The van der Waals surface area contributed by atoms with E-state index in [-0.39, 0.29) is 24.4 Å². The fourth-order valence-electron chi connectivity index (χ4n) is 2.13. The van der Waals surface area contributed by atoms with Crippen LogP contribution in [0.3, 0.4) is 0 Å². The molecule has 7 nitrogen and oxygen atoms in total. The molecule has 0 bridgehead atoms. The summed E-state index contributed by atoms with van der Waals surface area (Å²) in [5.74, 6) is -0.0398. The van der Waals surface area contributed by atoms with Crippen LogP contribution in [0.5, 0.6) is 0 Å². The van der Waals surface area contributed by atoms with Gasteiger partial charge in [-0.05, 0) is 51.5 Å². The van der Waals surface area contributed by atoms with Gasteiger partial charge in [-0.2, -0.15) is 0 Å². The van der Waals surface area contributed by atoms with Gasteiger partial charge in [0.05, 0.1) is 12.2 Å². The van der Waals surface area contributed by atoms with Gasteiger partial charge in [0.25, 0.3) is 5.91 Å². The average Bonchev–Trinajstić information content (AvgIpc) is 2.90. The predicted molar refractivity (Wildman–Crippen MR) is 92.1 cm³/mol. The Morgan fingerprint density at radius 3 is 2.54 bits per heavy atom. The molecule has 1 heterocycles. The maximum absolute atomic E-state index is 12.0. The van der Waals surface area contributed by atoms with Crippen molar-refractivity contribution in [2.75, 3.05) is 17.2 Å². The highest BCUT2D eigenvalue weighted by Gasteiger charge is 2.10. The molecule has 0 saturated carbocycles. The number of aromatic nitrogens is 1. The number of aryl methyl sites for hydroxylation is 2. The largest absolute Gasteiger partial charge is 0.376 e. The normalized spacial score (nSPS) is 10.5. The Bertz CT molecular complexity index is 737. The molecule has 24 heavy (non-hydrogen) atoms. The Kier molecular flexibility index (Phi) is 5.57.